The van der Waals surface area contributed by atoms with Crippen molar-refractivity contribution in [2.45, 2.75) is 58.7 Å². The van der Waals surface area contributed by atoms with Crippen LogP contribution in [0.25, 0.3) is 0 Å². The van der Waals surface area contributed by atoms with E-state index in [2.05, 4.69) is 16.7 Å². The van der Waals surface area contributed by atoms with Crippen molar-refractivity contribution < 1.29 is 14.3 Å². The number of hydrogen-bond acceptors (Lipinski definition) is 4. The zero-order chi connectivity index (χ0) is 14.2. The Morgan fingerprint density at radius 3 is 1.89 bits per heavy atom. The van der Waals surface area contributed by atoms with Crippen molar-refractivity contribution in [2.24, 2.45) is 0 Å². The topological polar surface area (TPSA) is 42.1 Å². The first-order chi connectivity index (χ1) is 8.37. The number of carbonyl (C=O) groups excluding carboxylic acids is 1. The SMILES string of the molecule is CC.CC(C)(C)OC=O.CN1CCC2(CC1)CO2. The van der Waals surface area contributed by atoms with Gasteiger partial charge in [-0.1, -0.05) is 13.8 Å². The van der Waals surface area contributed by atoms with Crippen LogP contribution in [0.2, 0.25) is 0 Å². The molecule has 0 saturated carbocycles. The Kier molecular flexibility index (Phi) is 7.48. The maximum Gasteiger partial charge on any atom is 0.293 e. The third-order valence-corrected chi connectivity index (χ3v) is 2.85. The Labute approximate surface area is 112 Å². The Morgan fingerprint density at radius 1 is 1.22 bits per heavy atom. The lowest BCUT2D eigenvalue weighted by molar-refractivity contribution is -0.138. The van der Waals surface area contributed by atoms with Crippen LogP contribution in [0.1, 0.15) is 47.5 Å². The van der Waals surface area contributed by atoms with Gasteiger partial charge in [0.25, 0.3) is 6.47 Å². The van der Waals surface area contributed by atoms with Crippen molar-refractivity contribution in [2.75, 3.05) is 26.7 Å². The summed E-state index contributed by atoms with van der Waals surface area (Å²) in [6.45, 7) is 13.4. The van der Waals surface area contributed by atoms with E-state index in [1.807, 2.05) is 34.6 Å². The van der Waals surface area contributed by atoms with E-state index >= 15 is 0 Å². The van der Waals surface area contributed by atoms with Crippen LogP contribution in [0.5, 0.6) is 0 Å². The first-order valence-electron chi connectivity index (χ1n) is 6.81. The smallest absolute Gasteiger partial charge is 0.293 e. The zero-order valence-electron chi connectivity index (χ0n) is 12.8. The van der Waals surface area contributed by atoms with Crippen molar-refractivity contribution in [3.05, 3.63) is 0 Å². The van der Waals surface area contributed by atoms with E-state index in [4.69, 9.17) is 4.74 Å². The van der Waals surface area contributed by atoms with Crippen molar-refractivity contribution in [1.82, 2.24) is 4.90 Å². The number of epoxide rings is 1. The number of piperidine rings is 1. The first kappa shape index (κ1) is 17.4. The van der Waals surface area contributed by atoms with Gasteiger partial charge in [-0.3, -0.25) is 4.79 Å². The molecular formula is C14H29NO3. The van der Waals surface area contributed by atoms with Crippen LogP contribution in [-0.2, 0) is 14.3 Å². The fraction of sp³-hybridized carbons (Fsp3) is 0.929. The predicted molar refractivity (Wildman–Crippen MR) is 73.7 cm³/mol. The molecule has 0 unspecified atom stereocenters. The lowest BCUT2D eigenvalue weighted by Gasteiger charge is -2.26. The van der Waals surface area contributed by atoms with Crippen LogP contribution >= 0.6 is 0 Å². The largest absolute Gasteiger partial charge is 0.462 e. The van der Waals surface area contributed by atoms with E-state index in [9.17, 15) is 4.79 Å². The molecule has 2 saturated heterocycles. The zero-order valence-corrected chi connectivity index (χ0v) is 12.8. The summed E-state index contributed by atoms with van der Waals surface area (Å²) in [4.78, 5) is 12.0. The molecule has 1 spiro atoms. The normalized spacial score (nSPS) is 21.0. The molecule has 0 aromatic carbocycles. The number of likely N-dealkylation sites (tertiary alicyclic amines) is 1. The maximum atomic E-state index is 9.60. The van der Waals surface area contributed by atoms with Crippen LogP contribution in [-0.4, -0.2) is 49.3 Å². The molecule has 0 N–H and O–H groups in total. The molecule has 0 radical (unpaired) electrons. The van der Waals surface area contributed by atoms with E-state index in [1.165, 1.54) is 25.9 Å². The molecule has 2 fully saturated rings. The fourth-order valence-electron chi connectivity index (χ4n) is 1.56. The van der Waals surface area contributed by atoms with Gasteiger partial charge in [-0.25, -0.2) is 0 Å². The minimum absolute atomic E-state index is 0.318. The second-order valence-corrected chi connectivity index (χ2v) is 5.60. The predicted octanol–water partition coefficient (Wildman–Crippen LogP) is 2.47. The van der Waals surface area contributed by atoms with Crippen LogP contribution < -0.4 is 0 Å². The van der Waals surface area contributed by atoms with E-state index in [1.54, 1.807) is 0 Å². The Hall–Kier alpha value is -0.610. The number of rotatable bonds is 1. The average Bonchev–Trinajstić information content (AvgIpc) is 3.05. The van der Waals surface area contributed by atoms with Crippen LogP contribution in [0.3, 0.4) is 0 Å². The first-order valence-corrected chi connectivity index (χ1v) is 6.81. The van der Waals surface area contributed by atoms with Gasteiger partial charge in [-0.15, -0.1) is 0 Å². The summed E-state index contributed by atoms with van der Waals surface area (Å²) in [6.07, 6.45) is 2.51. The molecule has 0 aromatic rings. The standard InChI is InChI=1S/C7H13NO.C5H10O2.C2H6/c1-8-4-2-7(3-5-8)6-9-7;1-5(2,3)7-4-6;1-2/h2-6H2,1H3;4H,1-3H3;1-2H3. The number of nitrogens with zero attached hydrogens (tertiary/aromatic N) is 1. The van der Waals surface area contributed by atoms with Crippen molar-refractivity contribution >= 4 is 6.47 Å². The van der Waals surface area contributed by atoms with Crippen molar-refractivity contribution in [3.63, 3.8) is 0 Å². The lowest BCUT2D eigenvalue weighted by atomic mass is 9.98. The number of hydrogen-bond donors (Lipinski definition) is 0. The molecule has 0 aromatic heterocycles. The quantitative estimate of drug-likeness (QED) is 0.536. The van der Waals surface area contributed by atoms with Gasteiger partial charge in [0, 0.05) is 13.1 Å². The Balaban J connectivity index is 0.000000292. The molecule has 4 nitrogen and oxygen atoms in total. The molecule has 0 atom stereocenters. The molecule has 18 heavy (non-hydrogen) atoms. The monoisotopic (exact) mass is 259 g/mol. The molecule has 0 bridgehead atoms. The molecule has 2 heterocycles. The lowest BCUT2D eigenvalue weighted by Crippen LogP contribution is -2.34. The molecule has 2 aliphatic rings. The summed E-state index contributed by atoms with van der Waals surface area (Å²) in [6, 6.07) is 0. The van der Waals surface area contributed by atoms with Gasteiger partial charge < -0.3 is 14.4 Å². The highest BCUT2D eigenvalue weighted by Crippen LogP contribution is 2.37. The number of carbonyl (C=O) groups is 1. The van der Waals surface area contributed by atoms with Gasteiger partial charge in [0.2, 0.25) is 0 Å². The highest BCUT2D eigenvalue weighted by atomic mass is 16.6. The fourth-order valence-corrected chi connectivity index (χ4v) is 1.56. The third-order valence-electron chi connectivity index (χ3n) is 2.85. The van der Waals surface area contributed by atoms with E-state index in [0.29, 0.717) is 12.1 Å². The molecular weight excluding hydrogens is 230 g/mol. The van der Waals surface area contributed by atoms with Crippen LogP contribution in [0.4, 0.5) is 0 Å². The third kappa shape index (κ3) is 7.67. The van der Waals surface area contributed by atoms with Gasteiger partial charge >= 0.3 is 0 Å². The molecule has 0 amide bonds. The molecule has 108 valence electrons. The summed E-state index contributed by atoms with van der Waals surface area (Å²) in [5.74, 6) is 0. The average molecular weight is 259 g/mol. The minimum Gasteiger partial charge on any atom is -0.462 e. The summed E-state index contributed by atoms with van der Waals surface area (Å²) < 4.78 is 9.91. The summed E-state index contributed by atoms with van der Waals surface area (Å²) >= 11 is 0. The van der Waals surface area contributed by atoms with Gasteiger partial charge in [-0.05, 0) is 40.7 Å². The summed E-state index contributed by atoms with van der Waals surface area (Å²) in [5, 5.41) is 0. The Morgan fingerprint density at radius 2 is 1.67 bits per heavy atom. The van der Waals surface area contributed by atoms with Gasteiger partial charge in [0.1, 0.15) is 5.60 Å². The molecule has 0 aliphatic carbocycles. The van der Waals surface area contributed by atoms with Gasteiger partial charge in [-0.2, -0.15) is 0 Å². The molecule has 4 heteroatoms. The summed E-state index contributed by atoms with van der Waals surface area (Å²) in [7, 11) is 2.18. The highest BCUT2D eigenvalue weighted by Gasteiger charge is 2.45. The maximum absolute atomic E-state index is 9.60. The Bertz CT molecular complexity index is 222. The molecule has 2 aliphatic heterocycles. The van der Waals surface area contributed by atoms with Crippen LogP contribution in [0.15, 0.2) is 0 Å². The number of ether oxygens (including phenoxy) is 2. The second-order valence-electron chi connectivity index (χ2n) is 5.60. The van der Waals surface area contributed by atoms with E-state index < -0.39 is 0 Å². The molecule has 2 rings (SSSR count). The van der Waals surface area contributed by atoms with E-state index in [-0.39, 0.29) is 5.60 Å². The highest BCUT2D eigenvalue weighted by molar-refractivity contribution is 5.37. The second kappa shape index (κ2) is 7.74. The van der Waals surface area contributed by atoms with Crippen molar-refractivity contribution in [1.29, 1.82) is 0 Å². The minimum atomic E-state index is -0.318. The van der Waals surface area contributed by atoms with E-state index in [0.717, 1.165) is 6.61 Å². The summed E-state index contributed by atoms with van der Waals surface area (Å²) in [5.41, 5.74) is 0.0499. The van der Waals surface area contributed by atoms with Crippen LogP contribution in [0, 0.1) is 0 Å². The van der Waals surface area contributed by atoms with Gasteiger partial charge in [0.15, 0.2) is 0 Å². The van der Waals surface area contributed by atoms with Crippen molar-refractivity contribution in [3.8, 4) is 0 Å². The van der Waals surface area contributed by atoms with Gasteiger partial charge in [0.05, 0.1) is 12.2 Å².